The fourth-order valence-corrected chi connectivity index (χ4v) is 1.73. The van der Waals surface area contributed by atoms with Crippen LogP contribution >= 0.6 is 0 Å². The van der Waals surface area contributed by atoms with E-state index in [1.165, 1.54) is 0 Å². The number of nitrogens with one attached hydrogen (secondary N) is 1. The molecule has 0 aliphatic rings. The van der Waals surface area contributed by atoms with Gasteiger partial charge in [-0.25, -0.2) is 8.78 Å². The van der Waals surface area contributed by atoms with Crippen LogP contribution in [-0.2, 0) is 0 Å². The molecular weight excluding hydrogens is 252 g/mol. The maximum Gasteiger partial charge on any atom is 0.300 e. The standard InChI is InChI=1S/C13H9F2N3O/c14-7-4-5-8(15)10(6-7)17-13-18-12-9(16)2-1-3-11(12)19-13/h1-6H,16H2,(H,17,18). The van der Waals surface area contributed by atoms with Crippen LogP contribution in [0.1, 0.15) is 0 Å². The van der Waals surface area contributed by atoms with Gasteiger partial charge in [0.25, 0.3) is 6.01 Å². The second kappa shape index (κ2) is 4.24. The quantitative estimate of drug-likeness (QED) is 0.694. The second-order valence-corrected chi connectivity index (χ2v) is 3.96. The summed E-state index contributed by atoms with van der Waals surface area (Å²) in [7, 11) is 0. The molecule has 0 saturated heterocycles. The zero-order valence-electron chi connectivity index (χ0n) is 9.65. The summed E-state index contributed by atoms with van der Waals surface area (Å²) in [5.41, 5.74) is 7.08. The van der Waals surface area contributed by atoms with Gasteiger partial charge in [-0.1, -0.05) is 6.07 Å². The molecule has 0 bridgehead atoms. The molecule has 3 aromatic rings. The molecule has 3 rings (SSSR count). The van der Waals surface area contributed by atoms with Crippen molar-refractivity contribution in [2.75, 3.05) is 11.1 Å². The lowest BCUT2D eigenvalue weighted by atomic mass is 10.3. The summed E-state index contributed by atoms with van der Waals surface area (Å²) in [6.07, 6.45) is 0. The molecule has 1 heterocycles. The number of hydrogen-bond acceptors (Lipinski definition) is 4. The minimum absolute atomic E-state index is 0.0508. The van der Waals surface area contributed by atoms with E-state index in [1.54, 1.807) is 18.2 Å². The molecule has 2 aromatic carbocycles. The van der Waals surface area contributed by atoms with Crippen LogP contribution in [0.5, 0.6) is 0 Å². The van der Waals surface area contributed by atoms with Crippen molar-refractivity contribution >= 4 is 28.5 Å². The van der Waals surface area contributed by atoms with Crippen molar-refractivity contribution in [1.29, 1.82) is 0 Å². The topological polar surface area (TPSA) is 64.1 Å². The van der Waals surface area contributed by atoms with Gasteiger partial charge >= 0.3 is 0 Å². The normalized spacial score (nSPS) is 10.8. The van der Waals surface area contributed by atoms with Gasteiger partial charge in [0.15, 0.2) is 5.58 Å². The predicted octanol–water partition coefficient (Wildman–Crippen LogP) is 3.43. The van der Waals surface area contributed by atoms with Gasteiger partial charge in [-0.15, -0.1) is 0 Å². The van der Waals surface area contributed by atoms with Gasteiger partial charge in [-0.05, 0) is 24.3 Å². The van der Waals surface area contributed by atoms with E-state index >= 15 is 0 Å². The zero-order valence-corrected chi connectivity index (χ0v) is 9.65. The maximum atomic E-state index is 13.5. The highest BCUT2D eigenvalue weighted by Gasteiger charge is 2.10. The van der Waals surface area contributed by atoms with Crippen LogP contribution in [-0.4, -0.2) is 4.98 Å². The first kappa shape index (κ1) is 11.5. The van der Waals surface area contributed by atoms with Crippen LogP contribution in [0.3, 0.4) is 0 Å². The third-order valence-electron chi connectivity index (χ3n) is 2.62. The van der Waals surface area contributed by atoms with E-state index in [2.05, 4.69) is 10.3 Å². The van der Waals surface area contributed by atoms with E-state index < -0.39 is 11.6 Å². The monoisotopic (exact) mass is 261 g/mol. The molecule has 3 N–H and O–H groups in total. The van der Waals surface area contributed by atoms with E-state index in [1.807, 2.05) is 0 Å². The Hall–Kier alpha value is -2.63. The summed E-state index contributed by atoms with van der Waals surface area (Å²) in [5, 5.41) is 2.58. The van der Waals surface area contributed by atoms with E-state index in [0.717, 1.165) is 18.2 Å². The van der Waals surface area contributed by atoms with Crippen LogP contribution in [0.15, 0.2) is 40.8 Å². The molecule has 0 aliphatic carbocycles. The second-order valence-electron chi connectivity index (χ2n) is 3.96. The summed E-state index contributed by atoms with van der Waals surface area (Å²) in [4.78, 5) is 4.09. The van der Waals surface area contributed by atoms with Crippen molar-refractivity contribution < 1.29 is 13.2 Å². The molecule has 0 radical (unpaired) electrons. The Labute approximate surface area is 106 Å². The summed E-state index contributed by atoms with van der Waals surface area (Å²) in [6, 6.07) is 8.21. The molecule has 6 heteroatoms. The molecule has 0 aliphatic heterocycles. The van der Waals surface area contributed by atoms with Crippen LogP contribution in [0, 0.1) is 11.6 Å². The third kappa shape index (κ3) is 2.08. The smallest absolute Gasteiger partial charge is 0.300 e. The van der Waals surface area contributed by atoms with Gasteiger partial charge in [-0.2, -0.15) is 4.98 Å². The van der Waals surface area contributed by atoms with E-state index in [-0.39, 0.29) is 11.7 Å². The molecule has 0 spiro atoms. The molecule has 96 valence electrons. The Morgan fingerprint density at radius 3 is 2.79 bits per heavy atom. The molecule has 1 aromatic heterocycles. The minimum Gasteiger partial charge on any atom is -0.423 e. The lowest BCUT2D eigenvalue weighted by molar-refractivity contribution is 0.597. The molecule has 19 heavy (non-hydrogen) atoms. The molecule has 0 unspecified atom stereocenters. The van der Waals surface area contributed by atoms with Crippen molar-refractivity contribution in [2.24, 2.45) is 0 Å². The number of oxazole rings is 1. The lowest BCUT2D eigenvalue weighted by Crippen LogP contribution is -1.94. The SMILES string of the molecule is Nc1cccc2oc(Nc3cc(F)ccc3F)nc12. The maximum absolute atomic E-state index is 13.5. The van der Waals surface area contributed by atoms with Crippen molar-refractivity contribution in [1.82, 2.24) is 4.98 Å². The number of nitrogen functional groups attached to an aromatic ring is 1. The van der Waals surface area contributed by atoms with Gasteiger partial charge in [0.1, 0.15) is 17.2 Å². The highest BCUT2D eigenvalue weighted by molar-refractivity contribution is 5.86. The van der Waals surface area contributed by atoms with Crippen molar-refractivity contribution in [3.8, 4) is 0 Å². The highest BCUT2D eigenvalue weighted by Crippen LogP contribution is 2.26. The van der Waals surface area contributed by atoms with Gasteiger partial charge < -0.3 is 15.5 Å². The van der Waals surface area contributed by atoms with E-state index in [9.17, 15) is 8.78 Å². The number of para-hydroxylation sites is 1. The fourth-order valence-electron chi connectivity index (χ4n) is 1.73. The number of aromatic nitrogens is 1. The van der Waals surface area contributed by atoms with Crippen LogP contribution in [0.2, 0.25) is 0 Å². The summed E-state index contributed by atoms with van der Waals surface area (Å²) >= 11 is 0. The average molecular weight is 261 g/mol. The number of nitrogens with zero attached hydrogens (tertiary/aromatic N) is 1. The molecule has 0 fully saturated rings. The average Bonchev–Trinajstić information content (AvgIpc) is 2.78. The van der Waals surface area contributed by atoms with E-state index in [4.69, 9.17) is 10.2 Å². The number of hydrogen-bond donors (Lipinski definition) is 2. The molecule has 0 amide bonds. The zero-order chi connectivity index (χ0) is 13.4. The van der Waals surface area contributed by atoms with Crippen molar-refractivity contribution in [3.05, 3.63) is 48.0 Å². The van der Waals surface area contributed by atoms with Gasteiger partial charge in [-0.3, -0.25) is 0 Å². The highest BCUT2D eigenvalue weighted by atomic mass is 19.1. The third-order valence-corrected chi connectivity index (χ3v) is 2.62. The van der Waals surface area contributed by atoms with Crippen LogP contribution < -0.4 is 11.1 Å². The van der Waals surface area contributed by atoms with Gasteiger partial charge in [0.05, 0.1) is 11.4 Å². The summed E-state index contributed by atoms with van der Waals surface area (Å²) < 4.78 is 31.9. The summed E-state index contributed by atoms with van der Waals surface area (Å²) in [5.74, 6) is -1.16. The number of benzene rings is 2. The van der Waals surface area contributed by atoms with E-state index in [0.29, 0.717) is 16.8 Å². The first-order chi connectivity index (χ1) is 9.13. The van der Waals surface area contributed by atoms with Gasteiger partial charge in [0, 0.05) is 6.07 Å². The molecular formula is C13H9F2N3O. The minimum atomic E-state index is -0.600. The Morgan fingerprint density at radius 1 is 1.16 bits per heavy atom. The van der Waals surface area contributed by atoms with Crippen LogP contribution in [0.4, 0.5) is 26.2 Å². The first-order valence-corrected chi connectivity index (χ1v) is 5.50. The van der Waals surface area contributed by atoms with Gasteiger partial charge in [0.2, 0.25) is 0 Å². The molecule has 4 nitrogen and oxygen atoms in total. The Morgan fingerprint density at radius 2 is 2.00 bits per heavy atom. The Kier molecular flexibility index (Phi) is 2.56. The Balaban J connectivity index is 2.01. The Bertz CT molecular complexity index is 755. The lowest BCUT2D eigenvalue weighted by Gasteiger charge is -2.02. The number of halogens is 2. The number of fused-ring (bicyclic) bond motifs is 1. The molecule has 0 saturated carbocycles. The predicted molar refractivity (Wildman–Crippen MR) is 68.1 cm³/mol. The molecule has 0 atom stereocenters. The number of anilines is 3. The first-order valence-electron chi connectivity index (χ1n) is 5.50. The van der Waals surface area contributed by atoms with Crippen LogP contribution in [0.25, 0.3) is 11.1 Å². The van der Waals surface area contributed by atoms with Crippen molar-refractivity contribution in [2.45, 2.75) is 0 Å². The number of rotatable bonds is 2. The number of nitrogens with two attached hydrogens (primary N) is 1. The summed E-state index contributed by atoms with van der Waals surface area (Å²) in [6.45, 7) is 0. The largest absolute Gasteiger partial charge is 0.423 e. The van der Waals surface area contributed by atoms with Crippen molar-refractivity contribution in [3.63, 3.8) is 0 Å². The fraction of sp³-hybridized carbons (Fsp3) is 0.